The Hall–Kier alpha value is -3.02. The van der Waals surface area contributed by atoms with Crippen molar-refractivity contribution in [2.24, 2.45) is 0 Å². The van der Waals surface area contributed by atoms with Gasteiger partial charge in [-0.1, -0.05) is 35.3 Å². The van der Waals surface area contributed by atoms with Crippen molar-refractivity contribution in [1.29, 1.82) is 0 Å². The van der Waals surface area contributed by atoms with Crippen LogP contribution in [0.3, 0.4) is 0 Å². The number of hydrogen-bond donors (Lipinski definition) is 2. The number of anilines is 1. The molecule has 0 aliphatic heterocycles. The summed E-state index contributed by atoms with van der Waals surface area (Å²) in [6.07, 6.45) is 0. The largest absolute Gasteiger partial charge is 0.494 e. The van der Waals surface area contributed by atoms with E-state index < -0.39 is 0 Å². The average molecular weight is 426 g/mol. The number of halogens is 2. The van der Waals surface area contributed by atoms with E-state index in [1.54, 1.807) is 42.5 Å². The second-order valence-electron chi connectivity index (χ2n) is 6.33. The molecular formula is C22H17Cl2N3O2. The number of carbonyl (C=O) groups is 1. The molecule has 1 aromatic heterocycles. The second-order valence-corrected chi connectivity index (χ2v) is 7.14. The quantitative estimate of drug-likeness (QED) is 0.400. The zero-order chi connectivity index (χ0) is 20.4. The minimum atomic E-state index is -0.229. The zero-order valence-corrected chi connectivity index (χ0v) is 17.0. The number of aromatic nitrogens is 2. The molecule has 0 bridgehead atoms. The number of fused-ring (bicyclic) bond motifs is 1. The molecule has 0 aliphatic carbocycles. The Morgan fingerprint density at radius 3 is 2.59 bits per heavy atom. The molecule has 3 aromatic carbocycles. The van der Waals surface area contributed by atoms with E-state index in [9.17, 15) is 4.79 Å². The summed E-state index contributed by atoms with van der Waals surface area (Å²) in [5, 5.41) is 3.89. The molecule has 5 nitrogen and oxygen atoms in total. The fraction of sp³-hybridized carbons (Fsp3) is 0.0909. The lowest BCUT2D eigenvalue weighted by molar-refractivity contribution is 0.102. The Morgan fingerprint density at radius 1 is 1.07 bits per heavy atom. The van der Waals surface area contributed by atoms with Crippen molar-refractivity contribution < 1.29 is 9.53 Å². The van der Waals surface area contributed by atoms with Crippen LogP contribution in [0.4, 0.5) is 5.69 Å². The summed E-state index contributed by atoms with van der Waals surface area (Å²) in [6, 6.07) is 17.8. The van der Waals surface area contributed by atoms with E-state index in [-0.39, 0.29) is 5.91 Å². The first-order valence-electron chi connectivity index (χ1n) is 9.03. The monoisotopic (exact) mass is 425 g/mol. The molecule has 0 aliphatic rings. The molecule has 0 radical (unpaired) electrons. The van der Waals surface area contributed by atoms with Crippen LogP contribution in [0.2, 0.25) is 10.0 Å². The van der Waals surface area contributed by atoms with Crippen molar-refractivity contribution >= 4 is 45.8 Å². The fourth-order valence-electron chi connectivity index (χ4n) is 3.03. The third-order valence-corrected chi connectivity index (χ3v) is 4.98. The molecule has 4 aromatic rings. The number of H-pyrrole nitrogens is 1. The molecule has 29 heavy (non-hydrogen) atoms. The van der Waals surface area contributed by atoms with Gasteiger partial charge in [-0.2, -0.15) is 0 Å². The molecule has 0 fully saturated rings. The number of imidazole rings is 1. The summed E-state index contributed by atoms with van der Waals surface area (Å²) in [4.78, 5) is 20.4. The third-order valence-electron chi connectivity index (χ3n) is 4.35. The van der Waals surface area contributed by atoms with Crippen molar-refractivity contribution in [2.75, 3.05) is 11.9 Å². The Bertz CT molecular complexity index is 1180. The topological polar surface area (TPSA) is 67.0 Å². The maximum absolute atomic E-state index is 12.7. The van der Waals surface area contributed by atoms with Crippen LogP contribution in [-0.4, -0.2) is 22.5 Å². The molecule has 0 saturated heterocycles. The van der Waals surface area contributed by atoms with Crippen LogP contribution in [-0.2, 0) is 0 Å². The van der Waals surface area contributed by atoms with Crippen LogP contribution in [0.15, 0.2) is 60.7 Å². The van der Waals surface area contributed by atoms with E-state index in [1.807, 2.05) is 25.1 Å². The average Bonchev–Trinajstić information content (AvgIpc) is 3.11. The highest BCUT2D eigenvalue weighted by Crippen LogP contribution is 2.34. The third kappa shape index (κ3) is 4.06. The van der Waals surface area contributed by atoms with Gasteiger partial charge in [0.1, 0.15) is 11.6 Å². The summed E-state index contributed by atoms with van der Waals surface area (Å²) in [5.41, 5.74) is 3.22. The Kier molecular flexibility index (Phi) is 5.43. The van der Waals surface area contributed by atoms with E-state index in [1.165, 1.54) is 0 Å². The maximum atomic E-state index is 12.7. The highest BCUT2D eigenvalue weighted by molar-refractivity contribution is 6.39. The van der Waals surface area contributed by atoms with Gasteiger partial charge in [-0.15, -0.1) is 0 Å². The number of amides is 1. The number of rotatable bonds is 5. The van der Waals surface area contributed by atoms with Crippen LogP contribution in [0.5, 0.6) is 5.75 Å². The molecule has 0 saturated carbocycles. The summed E-state index contributed by atoms with van der Waals surface area (Å²) >= 11 is 12.6. The molecule has 4 rings (SSSR count). The first kappa shape index (κ1) is 19.3. The van der Waals surface area contributed by atoms with E-state index in [2.05, 4.69) is 15.3 Å². The van der Waals surface area contributed by atoms with Gasteiger partial charge in [0.05, 0.1) is 33.2 Å². The van der Waals surface area contributed by atoms with Gasteiger partial charge in [-0.3, -0.25) is 4.79 Å². The van der Waals surface area contributed by atoms with E-state index in [0.29, 0.717) is 56.1 Å². The van der Waals surface area contributed by atoms with Crippen LogP contribution >= 0.6 is 23.2 Å². The number of carbonyl (C=O) groups excluding carboxylic acids is 1. The predicted molar refractivity (Wildman–Crippen MR) is 117 cm³/mol. The van der Waals surface area contributed by atoms with Gasteiger partial charge in [0.25, 0.3) is 5.91 Å². The number of benzene rings is 3. The Morgan fingerprint density at radius 2 is 1.83 bits per heavy atom. The van der Waals surface area contributed by atoms with Crippen LogP contribution in [0.25, 0.3) is 22.4 Å². The SMILES string of the molecule is CCOc1cccc(NC(=O)c2ccc3nc(-c4c(Cl)cccc4Cl)[nH]c3c2)c1. The van der Waals surface area contributed by atoms with Gasteiger partial charge in [-0.25, -0.2) is 4.98 Å². The normalized spacial score (nSPS) is 10.9. The minimum absolute atomic E-state index is 0.229. The van der Waals surface area contributed by atoms with Gasteiger partial charge >= 0.3 is 0 Å². The molecule has 2 N–H and O–H groups in total. The summed E-state index contributed by atoms with van der Waals surface area (Å²) in [6.45, 7) is 2.47. The summed E-state index contributed by atoms with van der Waals surface area (Å²) < 4.78 is 5.47. The highest BCUT2D eigenvalue weighted by atomic mass is 35.5. The highest BCUT2D eigenvalue weighted by Gasteiger charge is 2.14. The number of nitrogens with zero attached hydrogens (tertiary/aromatic N) is 1. The second kappa shape index (κ2) is 8.15. The standard InChI is InChI=1S/C22H17Cl2N3O2/c1-2-29-15-6-3-5-14(12-15)25-22(28)13-9-10-18-19(11-13)27-21(26-18)20-16(23)7-4-8-17(20)24/h3-12H,2H2,1H3,(H,25,28)(H,26,27). The molecule has 0 atom stereocenters. The van der Waals surface area contributed by atoms with Crippen molar-refractivity contribution in [3.05, 3.63) is 76.3 Å². The van der Waals surface area contributed by atoms with Gasteiger partial charge in [-0.05, 0) is 49.4 Å². The first-order chi connectivity index (χ1) is 14.0. The zero-order valence-electron chi connectivity index (χ0n) is 15.5. The maximum Gasteiger partial charge on any atom is 0.255 e. The van der Waals surface area contributed by atoms with E-state index >= 15 is 0 Å². The van der Waals surface area contributed by atoms with Gasteiger partial charge in [0.2, 0.25) is 0 Å². The Labute approximate surface area is 177 Å². The van der Waals surface area contributed by atoms with Crippen molar-refractivity contribution in [2.45, 2.75) is 6.92 Å². The molecule has 7 heteroatoms. The van der Waals surface area contributed by atoms with Crippen molar-refractivity contribution in [3.63, 3.8) is 0 Å². The van der Waals surface area contributed by atoms with Gasteiger partial charge in [0.15, 0.2) is 0 Å². The molecule has 1 amide bonds. The fourth-order valence-corrected chi connectivity index (χ4v) is 3.60. The van der Waals surface area contributed by atoms with Gasteiger partial charge < -0.3 is 15.0 Å². The van der Waals surface area contributed by atoms with Gasteiger partial charge in [0, 0.05) is 17.3 Å². The van der Waals surface area contributed by atoms with E-state index in [4.69, 9.17) is 27.9 Å². The number of aromatic amines is 1. The molecule has 146 valence electrons. The van der Waals surface area contributed by atoms with Crippen molar-refractivity contribution in [3.8, 4) is 17.1 Å². The lowest BCUT2D eigenvalue weighted by atomic mass is 10.2. The lowest BCUT2D eigenvalue weighted by Gasteiger charge is -2.08. The summed E-state index contributed by atoms with van der Waals surface area (Å²) in [5.74, 6) is 1.03. The van der Waals surface area contributed by atoms with Crippen LogP contribution in [0.1, 0.15) is 17.3 Å². The first-order valence-corrected chi connectivity index (χ1v) is 9.79. The minimum Gasteiger partial charge on any atom is -0.494 e. The lowest BCUT2D eigenvalue weighted by Crippen LogP contribution is -2.11. The number of ether oxygens (including phenoxy) is 1. The smallest absolute Gasteiger partial charge is 0.255 e. The Balaban J connectivity index is 1.62. The molecule has 0 unspecified atom stereocenters. The molecule has 0 spiro atoms. The molecular weight excluding hydrogens is 409 g/mol. The molecule has 1 heterocycles. The number of hydrogen-bond acceptors (Lipinski definition) is 3. The number of nitrogens with one attached hydrogen (secondary N) is 2. The van der Waals surface area contributed by atoms with E-state index in [0.717, 1.165) is 0 Å². The summed E-state index contributed by atoms with van der Waals surface area (Å²) in [7, 11) is 0. The van der Waals surface area contributed by atoms with Crippen molar-refractivity contribution in [1.82, 2.24) is 9.97 Å². The van der Waals surface area contributed by atoms with Crippen LogP contribution in [0, 0.1) is 0 Å². The van der Waals surface area contributed by atoms with Crippen LogP contribution < -0.4 is 10.1 Å². The predicted octanol–water partition coefficient (Wildman–Crippen LogP) is 6.19.